The van der Waals surface area contributed by atoms with Crippen LogP contribution in [0.2, 0.25) is 0 Å². The minimum atomic E-state index is -1.07. The van der Waals surface area contributed by atoms with E-state index in [9.17, 15) is 19.1 Å². The average molecular weight is 262 g/mol. The number of hydrogen-bond acceptors (Lipinski definition) is 5. The van der Waals surface area contributed by atoms with Crippen molar-refractivity contribution >= 4 is 12.6 Å². The van der Waals surface area contributed by atoms with Crippen molar-refractivity contribution in [1.82, 2.24) is 9.55 Å². The molecule has 0 spiro atoms. The highest BCUT2D eigenvalue weighted by Gasteiger charge is 2.34. The van der Waals surface area contributed by atoms with Gasteiger partial charge in [0.1, 0.15) is 6.23 Å². The maximum Gasteiger partial charge on any atom is 0.330 e. The number of nitrogens with zero attached hydrogens (tertiary/aromatic N) is 1. The summed E-state index contributed by atoms with van der Waals surface area (Å²) in [5.41, 5.74) is -1.84. The highest BCUT2D eigenvalue weighted by molar-refractivity contribution is 7.80. The predicted molar refractivity (Wildman–Crippen MR) is 59.7 cm³/mol. The summed E-state index contributed by atoms with van der Waals surface area (Å²) in [6, 6.07) is 0. The predicted octanol–water partition coefficient (Wildman–Crippen LogP) is -0.746. The van der Waals surface area contributed by atoms with Crippen molar-refractivity contribution in [3.63, 3.8) is 0 Å². The lowest BCUT2D eigenvalue weighted by molar-refractivity contribution is -0.00784. The topological polar surface area (TPSA) is 84.3 Å². The van der Waals surface area contributed by atoms with Gasteiger partial charge in [-0.1, -0.05) is 0 Å². The number of rotatable bonds is 2. The molecular formula is C9H11FN2O4S. The Morgan fingerprint density at radius 2 is 2.35 bits per heavy atom. The van der Waals surface area contributed by atoms with Crippen molar-refractivity contribution < 1.29 is 14.2 Å². The molecule has 2 heterocycles. The van der Waals surface area contributed by atoms with E-state index in [1.54, 1.807) is 0 Å². The van der Waals surface area contributed by atoms with Gasteiger partial charge >= 0.3 is 5.69 Å². The third-order valence-corrected chi connectivity index (χ3v) is 2.98. The van der Waals surface area contributed by atoms with Gasteiger partial charge in [-0.25, -0.2) is 4.79 Å². The summed E-state index contributed by atoms with van der Waals surface area (Å²) in [7, 11) is 0. The first-order chi connectivity index (χ1) is 8.02. The Morgan fingerprint density at radius 1 is 1.65 bits per heavy atom. The Bertz CT molecular complexity index is 528. The van der Waals surface area contributed by atoms with E-state index in [4.69, 9.17) is 4.74 Å². The van der Waals surface area contributed by atoms with Gasteiger partial charge in [0.15, 0.2) is 0 Å². The van der Waals surface area contributed by atoms with E-state index in [1.165, 1.54) is 0 Å². The zero-order chi connectivity index (χ0) is 12.6. The van der Waals surface area contributed by atoms with Crippen molar-refractivity contribution in [3.8, 4) is 0 Å². The van der Waals surface area contributed by atoms with E-state index in [1.807, 2.05) is 4.98 Å². The molecule has 0 unspecified atom stereocenters. The molecule has 8 heteroatoms. The molecule has 17 heavy (non-hydrogen) atoms. The summed E-state index contributed by atoms with van der Waals surface area (Å²) in [5.74, 6) is -0.782. The monoisotopic (exact) mass is 262 g/mol. The summed E-state index contributed by atoms with van der Waals surface area (Å²) in [5, 5.41) is 9.58. The SMILES string of the molecule is O=c1[nH]c(=O)n([C@H]2C[C@@H](O)[C@H](CS)O2)cc1F. The van der Waals surface area contributed by atoms with Gasteiger partial charge < -0.3 is 9.84 Å². The minimum Gasteiger partial charge on any atom is -0.390 e. The number of aliphatic hydroxyl groups is 1. The summed E-state index contributed by atoms with van der Waals surface area (Å²) >= 11 is 3.99. The second-order valence-electron chi connectivity index (χ2n) is 3.76. The molecule has 3 atom stereocenters. The number of aromatic nitrogens is 2. The van der Waals surface area contributed by atoms with E-state index >= 15 is 0 Å². The Balaban J connectivity index is 2.34. The van der Waals surface area contributed by atoms with Gasteiger partial charge in [0.25, 0.3) is 5.56 Å². The van der Waals surface area contributed by atoms with Crippen molar-refractivity contribution in [3.05, 3.63) is 32.9 Å². The number of H-pyrrole nitrogens is 1. The molecule has 1 aromatic rings. The van der Waals surface area contributed by atoms with Crippen LogP contribution in [0.15, 0.2) is 15.8 Å². The Kier molecular flexibility index (Phi) is 3.36. The molecule has 0 bridgehead atoms. The Hall–Kier alpha value is -1.12. The average Bonchev–Trinajstić information content (AvgIpc) is 2.65. The molecular weight excluding hydrogens is 251 g/mol. The third kappa shape index (κ3) is 2.28. The lowest BCUT2D eigenvalue weighted by atomic mass is 10.2. The van der Waals surface area contributed by atoms with E-state index < -0.39 is 35.5 Å². The van der Waals surface area contributed by atoms with Crippen molar-refractivity contribution in [2.45, 2.75) is 24.9 Å². The second-order valence-corrected chi connectivity index (χ2v) is 4.12. The van der Waals surface area contributed by atoms with Crippen LogP contribution in [0, 0.1) is 5.82 Å². The van der Waals surface area contributed by atoms with Crippen molar-refractivity contribution in [2.24, 2.45) is 0 Å². The highest BCUT2D eigenvalue weighted by Crippen LogP contribution is 2.27. The minimum absolute atomic E-state index is 0.149. The van der Waals surface area contributed by atoms with Gasteiger partial charge in [-0.3, -0.25) is 14.3 Å². The fourth-order valence-electron chi connectivity index (χ4n) is 1.72. The molecule has 0 radical (unpaired) electrons. The number of hydrogen-bond donors (Lipinski definition) is 3. The first kappa shape index (κ1) is 12.3. The number of thiol groups is 1. The Labute approximate surface area is 100 Å². The quantitative estimate of drug-likeness (QED) is 0.613. The maximum atomic E-state index is 13.1. The third-order valence-electron chi connectivity index (χ3n) is 2.62. The van der Waals surface area contributed by atoms with Gasteiger partial charge in [-0.2, -0.15) is 17.0 Å². The second kappa shape index (κ2) is 4.63. The smallest absolute Gasteiger partial charge is 0.330 e. The van der Waals surface area contributed by atoms with Crippen LogP contribution in [0.4, 0.5) is 4.39 Å². The summed E-state index contributed by atoms with van der Waals surface area (Å²) in [6.45, 7) is 0. The maximum absolute atomic E-state index is 13.1. The summed E-state index contributed by atoms with van der Waals surface area (Å²) < 4.78 is 19.3. The van der Waals surface area contributed by atoms with Crippen LogP contribution >= 0.6 is 12.6 Å². The van der Waals surface area contributed by atoms with E-state index in [0.717, 1.165) is 10.8 Å². The molecule has 1 saturated heterocycles. The van der Waals surface area contributed by atoms with Gasteiger partial charge in [0.2, 0.25) is 5.82 Å². The van der Waals surface area contributed by atoms with E-state index in [-0.39, 0.29) is 12.2 Å². The molecule has 0 saturated carbocycles. The molecule has 6 nitrogen and oxygen atoms in total. The number of ether oxygens (including phenoxy) is 1. The zero-order valence-corrected chi connectivity index (χ0v) is 9.56. The van der Waals surface area contributed by atoms with Crippen LogP contribution in [0.3, 0.4) is 0 Å². The molecule has 0 amide bonds. The van der Waals surface area contributed by atoms with Crippen LogP contribution in [0.25, 0.3) is 0 Å². The summed E-state index contributed by atoms with van der Waals surface area (Å²) in [4.78, 5) is 24.1. The van der Waals surface area contributed by atoms with Crippen LogP contribution in [0.5, 0.6) is 0 Å². The normalized spacial score (nSPS) is 28.5. The molecule has 1 aromatic heterocycles. The van der Waals surface area contributed by atoms with Crippen molar-refractivity contribution in [2.75, 3.05) is 5.75 Å². The molecule has 1 fully saturated rings. The molecule has 1 aliphatic heterocycles. The van der Waals surface area contributed by atoms with E-state index in [2.05, 4.69) is 12.6 Å². The van der Waals surface area contributed by atoms with Gasteiger partial charge in [-0.05, 0) is 0 Å². The Morgan fingerprint density at radius 3 is 2.94 bits per heavy atom. The molecule has 1 aliphatic rings. The number of nitrogens with one attached hydrogen (secondary N) is 1. The standard InChI is InChI=1S/C9H11FN2O4S/c10-4-2-12(9(15)11-8(4)14)7-1-5(13)6(3-17)16-7/h2,5-7,13,17H,1,3H2,(H,11,14,15)/t5-,6+,7-/m1/s1. The van der Waals surface area contributed by atoms with Crippen LogP contribution in [0.1, 0.15) is 12.6 Å². The zero-order valence-electron chi connectivity index (χ0n) is 8.67. The van der Waals surface area contributed by atoms with Crippen LogP contribution in [-0.4, -0.2) is 32.6 Å². The van der Waals surface area contributed by atoms with Gasteiger partial charge in [-0.15, -0.1) is 0 Å². The van der Waals surface area contributed by atoms with Gasteiger partial charge in [0, 0.05) is 12.2 Å². The lowest BCUT2D eigenvalue weighted by Crippen LogP contribution is -2.33. The lowest BCUT2D eigenvalue weighted by Gasteiger charge is -2.14. The molecule has 2 rings (SSSR count). The summed E-state index contributed by atoms with van der Waals surface area (Å²) in [6.07, 6.45) is -1.14. The number of aromatic amines is 1. The fourth-order valence-corrected chi connectivity index (χ4v) is 2.05. The van der Waals surface area contributed by atoms with Crippen LogP contribution in [-0.2, 0) is 4.74 Å². The molecule has 0 aromatic carbocycles. The fraction of sp³-hybridized carbons (Fsp3) is 0.556. The molecule has 2 N–H and O–H groups in total. The first-order valence-corrected chi connectivity index (χ1v) is 5.61. The number of halogens is 1. The van der Waals surface area contributed by atoms with Crippen molar-refractivity contribution in [1.29, 1.82) is 0 Å². The first-order valence-electron chi connectivity index (χ1n) is 4.98. The van der Waals surface area contributed by atoms with E-state index in [0.29, 0.717) is 0 Å². The molecule has 0 aliphatic carbocycles. The molecule has 94 valence electrons. The highest BCUT2D eigenvalue weighted by atomic mass is 32.1. The number of aliphatic hydroxyl groups excluding tert-OH is 1. The van der Waals surface area contributed by atoms with Crippen LogP contribution < -0.4 is 11.2 Å². The van der Waals surface area contributed by atoms with Gasteiger partial charge in [0.05, 0.1) is 18.4 Å². The largest absolute Gasteiger partial charge is 0.390 e.